The van der Waals surface area contributed by atoms with E-state index < -0.39 is 16.0 Å². The number of thiophene rings is 1. The highest BCUT2D eigenvalue weighted by atomic mass is 35.5. The highest BCUT2D eigenvalue weighted by molar-refractivity contribution is 7.92. The maximum absolute atomic E-state index is 12.6. The molecule has 0 saturated carbocycles. The Kier molecular flexibility index (Phi) is 8.19. The monoisotopic (exact) mass is 543 g/mol. The zero-order valence-corrected chi connectivity index (χ0v) is 21.4. The van der Waals surface area contributed by atoms with Crippen molar-refractivity contribution < 1.29 is 17.9 Å². The zero-order valence-electron chi connectivity index (χ0n) is 17.4. The van der Waals surface area contributed by atoms with Gasteiger partial charge in [-0.25, -0.2) is 13.2 Å². The van der Waals surface area contributed by atoms with Crippen molar-refractivity contribution in [2.24, 2.45) is 0 Å². The molecule has 0 aliphatic carbocycles. The molecule has 0 atom stereocenters. The molecule has 7 nitrogen and oxygen atoms in total. The van der Waals surface area contributed by atoms with E-state index in [0.29, 0.717) is 27.0 Å². The van der Waals surface area contributed by atoms with Gasteiger partial charge in [0.1, 0.15) is 5.00 Å². The number of hydrogen-bond donors (Lipinski definition) is 3. The summed E-state index contributed by atoms with van der Waals surface area (Å²) >= 11 is 18.6. The van der Waals surface area contributed by atoms with Crippen molar-refractivity contribution in [1.29, 1.82) is 0 Å². The topological polar surface area (TPSA) is 96.5 Å². The predicted molar refractivity (Wildman–Crippen MR) is 139 cm³/mol. The van der Waals surface area contributed by atoms with Crippen molar-refractivity contribution >= 4 is 84.2 Å². The lowest BCUT2D eigenvalue weighted by Crippen LogP contribution is -2.20. The second kappa shape index (κ2) is 10.7. The molecule has 0 bridgehead atoms. The Hall–Kier alpha value is -2.37. The largest absolute Gasteiger partial charge is 0.465 e. The number of rotatable bonds is 7. The summed E-state index contributed by atoms with van der Waals surface area (Å²) in [5.74, 6) is -0.458. The number of ether oxygens (including phenoxy) is 1. The van der Waals surface area contributed by atoms with Gasteiger partial charge in [0, 0.05) is 10.6 Å². The number of esters is 1. The van der Waals surface area contributed by atoms with Gasteiger partial charge in [-0.3, -0.25) is 4.72 Å². The number of thiocarbonyl (C=S) groups is 1. The minimum absolute atomic E-state index is 0.0526. The number of halogens is 2. The Bertz CT molecular complexity index is 1290. The van der Waals surface area contributed by atoms with Crippen LogP contribution in [0.5, 0.6) is 0 Å². The number of carbonyl (C=O) groups excluding carboxylic acids is 1. The van der Waals surface area contributed by atoms with Gasteiger partial charge in [0.05, 0.1) is 33.3 Å². The van der Waals surface area contributed by atoms with E-state index in [2.05, 4.69) is 15.4 Å². The van der Waals surface area contributed by atoms with Crippen molar-refractivity contribution in [2.45, 2.75) is 18.2 Å². The third-order valence-corrected chi connectivity index (χ3v) is 7.89. The van der Waals surface area contributed by atoms with E-state index in [9.17, 15) is 13.2 Å². The average molecular weight is 545 g/mol. The number of aryl methyl sites for hydroxylation is 1. The standard InChI is InChI=1S/C21H19Cl2N3O4S3/c1-3-14-11-16(20(27)30-2)19(32-14)25-21(31)24-12-4-7-15(8-5-12)33(28,29)26-13-6-9-17(22)18(23)10-13/h4-11,26H,3H2,1-2H3,(H2,24,25,31). The lowest BCUT2D eigenvalue weighted by molar-refractivity contribution is 0.0602. The SMILES string of the molecule is CCc1cc(C(=O)OC)c(NC(=S)Nc2ccc(S(=O)(=O)Nc3ccc(Cl)c(Cl)c3)cc2)s1. The van der Waals surface area contributed by atoms with E-state index in [1.807, 2.05) is 6.92 Å². The summed E-state index contributed by atoms with van der Waals surface area (Å²) in [6.45, 7) is 1.99. The molecule has 33 heavy (non-hydrogen) atoms. The van der Waals surface area contributed by atoms with Gasteiger partial charge in [0.2, 0.25) is 0 Å². The Morgan fingerprint density at radius 3 is 2.30 bits per heavy atom. The highest BCUT2D eigenvalue weighted by Gasteiger charge is 2.18. The molecule has 3 rings (SSSR count). The first-order valence-electron chi connectivity index (χ1n) is 9.50. The van der Waals surface area contributed by atoms with Crippen LogP contribution in [0.15, 0.2) is 53.4 Å². The first kappa shape index (κ1) is 25.3. The molecule has 3 N–H and O–H groups in total. The molecular weight excluding hydrogens is 525 g/mol. The molecule has 3 aromatic rings. The minimum Gasteiger partial charge on any atom is -0.465 e. The summed E-state index contributed by atoms with van der Waals surface area (Å²) in [7, 11) is -2.52. The van der Waals surface area contributed by atoms with Crippen molar-refractivity contribution in [3.8, 4) is 0 Å². The van der Waals surface area contributed by atoms with E-state index in [0.717, 1.165) is 11.3 Å². The van der Waals surface area contributed by atoms with Crippen LogP contribution in [0.4, 0.5) is 16.4 Å². The molecule has 2 aromatic carbocycles. The van der Waals surface area contributed by atoms with Gasteiger partial charge < -0.3 is 15.4 Å². The molecule has 1 heterocycles. The molecule has 0 saturated heterocycles. The summed E-state index contributed by atoms with van der Waals surface area (Å²) in [6, 6.07) is 12.2. The molecule has 12 heteroatoms. The van der Waals surface area contributed by atoms with Crippen LogP contribution in [-0.4, -0.2) is 26.6 Å². The number of anilines is 3. The third-order valence-electron chi connectivity index (χ3n) is 4.36. The molecule has 0 spiro atoms. The van der Waals surface area contributed by atoms with E-state index in [-0.39, 0.29) is 15.0 Å². The summed E-state index contributed by atoms with van der Waals surface area (Å²) in [6.07, 6.45) is 0.767. The fourth-order valence-electron chi connectivity index (χ4n) is 2.73. The fourth-order valence-corrected chi connectivity index (χ4v) is 5.35. The molecule has 0 aliphatic rings. The fraction of sp³-hybridized carbons (Fsp3) is 0.143. The number of hydrogen-bond acceptors (Lipinski definition) is 6. The lowest BCUT2D eigenvalue weighted by atomic mass is 10.2. The average Bonchev–Trinajstić information content (AvgIpc) is 3.18. The normalized spacial score (nSPS) is 11.0. The number of nitrogens with one attached hydrogen (secondary N) is 3. The molecule has 1 aromatic heterocycles. The van der Waals surface area contributed by atoms with Gasteiger partial charge in [0.15, 0.2) is 5.11 Å². The van der Waals surface area contributed by atoms with Crippen LogP contribution in [0.1, 0.15) is 22.2 Å². The zero-order chi connectivity index (χ0) is 24.2. The van der Waals surface area contributed by atoms with Crippen molar-refractivity contribution in [1.82, 2.24) is 0 Å². The Morgan fingerprint density at radius 2 is 1.70 bits per heavy atom. The van der Waals surface area contributed by atoms with Gasteiger partial charge >= 0.3 is 5.97 Å². The van der Waals surface area contributed by atoms with Crippen LogP contribution >= 0.6 is 46.8 Å². The second-order valence-electron chi connectivity index (χ2n) is 6.64. The molecule has 0 aliphatic heterocycles. The predicted octanol–water partition coefficient (Wildman–Crippen LogP) is 6.01. The molecule has 0 unspecified atom stereocenters. The van der Waals surface area contributed by atoms with Gasteiger partial charge in [-0.1, -0.05) is 30.1 Å². The quantitative estimate of drug-likeness (QED) is 0.248. The van der Waals surface area contributed by atoms with E-state index in [1.54, 1.807) is 18.2 Å². The van der Waals surface area contributed by atoms with Crippen LogP contribution in [0, 0.1) is 0 Å². The summed E-state index contributed by atoms with van der Waals surface area (Å²) in [4.78, 5) is 13.1. The first-order chi connectivity index (χ1) is 15.6. The lowest BCUT2D eigenvalue weighted by Gasteiger charge is -2.12. The van der Waals surface area contributed by atoms with Crippen LogP contribution < -0.4 is 15.4 Å². The van der Waals surface area contributed by atoms with Crippen LogP contribution in [0.3, 0.4) is 0 Å². The van der Waals surface area contributed by atoms with Gasteiger partial charge in [-0.15, -0.1) is 11.3 Å². The van der Waals surface area contributed by atoms with Crippen LogP contribution in [-0.2, 0) is 21.2 Å². The van der Waals surface area contributed by atoms with Gasteiger partial charge in [-0.2, -0.15) is 0 Å². The third kappa shape index (κ3) is 6.36. The van der Waals surface area contributed by atoms with E-state index in [1.165, 1.54) is 48.8 Å². The Labute approximate surface area is 211 Å². The number of carbonyl (C=O) groups is 1. The van der Waals surface area contributed by atoms with Crippen molar-refractivity contribution in [3.63, 3.8) is 0 Å². The van der Waals surface area contributed by atoms with Crippen LogP contribution in [0.2, 0.25) is 10.0 Å². The first-order valence-corrected chi connectivity index (χ1v) is 13.0. The van der Waals surface area contributed by atoms with Crippen molar-refractivity contribution in [2.75, 3.05) is 22.5 Å². The van der Waals surface area contributed by atoms with Crippen LogP contribution in [0.25, 0.3) is 0 Å². The Balaban J connectivity index is 1.69. The molecule has 0 amide bonds. The summed E-state index contributed by atoms with van der Waals surface area (Å²) in [5, 5.41) is 7.35. The highest BCUT2D eigenvalue weighted by Crippen LogP contribution is 2.30. The Morgan fingerprint density at radius 1 is 1.03 bits per heavy atom. The maximum Gasteiger partial charge on any atom is 0.340 e. The van der Waals surface area contributed by atoms with Gasteiger partial charge in [0.25, 0.3) is 10.0 Å². The van der Waals surface area contributed by atoms with Crippen molar-refractivity contribution in [3.05, 3.63) is 69.0 Å². The minimum atomic E-state index is -3.83. The molecule has 174 valence electrons. The molecule has 0 fully saturated rings. The van der Waals surface area contributed by atoms with Gasteiger partial charge in [-0.05, 0) is 67.2 Å². The number of methoxy groups -OCH3 is 1. The molecular formula is C21H19Cl2N3O4S3. The van der Waals surface area contributed by atoms with E-state index >= 15 is 0 Å². The second-order valence-corrected chi connectivity index (χ2v) is 10.7. The maximum atomic E-state index is 12.6. The smallest absolute Gasteiger partial charge is 0.340 e. The number of sulfonamides is 1. The molecule has 0 radical (unpaired) electrons. The number of benzene rings is 2. The van der Waals surface area contributed by atoms with E-state index in [4.69, 9.17) is 40.2 Å². The summed E-state index contributed by atoms with van der Waals surface area (Å²) < 4.78 is 32.6. The summed E-state index contributed by atoms with van der Waals surface area (Å²) in [5.41, 5.74) is 1.26.